The molecule has 3 amide bonds. The summed E-state index contributed by atoms with van der Waals surface area (Å²) in [5.74, 6) is -0.520. The van der Waals surface area contributed by atoms with Crippen LogP contribution in [0.15, 0.2) is 6.07 Å². The molecule has 0 saturated carbocycles. The molecular formula is C16H23N3O3. The van der Waals surface area contributed by atoms with Crippen LogP contribution in [0.25, 0.3) is 0 Å². The van der Waals surface area contributed by atoms with E-state index in [0.29, 0.717) is 18.4 Å². The SMILES string of the molecule is CCC1(CC)NC(=O)N(CC(=O)c2cc(C)n(C)c2C)C1=O. The molecule has 1 aromatic heterocycles. The Kier molecular flexibility index (Phi) is 4.13. The Balaban J connectivity index is 2.24. The lowest BCUT2D eigenvalue weighted by atomic mass is 9.93. The summed E-state index contributed by atoms with van der Waals surface area (Å²) in [6.07, 6.45) is 1.03. The summed E-state index contributed by atoms with van der Waals surface area (Å²) in [4.78, 5) is 38.1. The molecule has 1 aliphatic rings. The van der Waals surface area contributed by atoms with Gasteiger partial charge in [0.25, 0.3) is 5.91 Å². The largest absolute Gasteiger partial charge is 0.351 e. The number of carbonyl (C=O) groups is 3. The van der Waals surface area contributed by atoms with Crippen LogP contribution >= 0.6 is 0 Å². The topological polar surface area (TPSA) is 71.4 Å². The lowest BCUT2D eigenvalue weighted by molar-refractivity contribution is -0.131. The summed E-state index contributed by atoms with van der Waals surface area (Å²) in [6, 6.07) is 1.32. The normalized spacial score (nSPS) is 17.0. The van der Waals surface area contributed by atoms with Crippen molar-refractivity contribution in [1.82, 2.24) is 14.8 Å². The lowest BCUT2D eigenvalue weighted by Gasteiger charge is -2.22. The Bertz CT molecular complexity index is 641. The minimum absolute atomic E-state index is 0.212. The lowest BCUT2D eigenvalue weighted by Crippen LogP contribution is -2.46. The van der Waals surface area contributed by atoms with E-state index in [4.69, 9.17) is 0 Å². The number of nitrogens with zero attached hydrogens (tertiary/aromatic N) is 2. The molecule has 1 saturated heterocycles. The second-order valence-corrected chi connectivity index (χ2v) is 5.88. The molecule has 0 bridgehead atoms. The maximum atomic E-state index is 12.5. The number of aromatic nitrogens is 1. The quantitative estimate of drug-likeness (QED) is 0.667. The Morgan fingerprint density at radius 3 is 2.23 bits per heavy atom. The van der Waals surface area contributed by atoms with Gasteiger partial charge in [-0.15, -0.1) is 0 Å². The zero-order valence-corrected chi connectivity index (χ0v) is 13.8. The third-order valence-electron chi connectivity index (χ3n) is 4.83. The van der Waals surface area contributed by atoms with E-state index in [0.717, 1.165) is 16.3 Å². The van der Waals surface area contributed by atoms with E-state index in [2.05, 4.69) is 5.32 Å². The van der Waals surface area contributed by atoms with Crippen molar-refractivity contribution in [3.05, 3.63) is 23.0 Å². The minimum Gasteiger partial charge on any atom is -0.351 e. The van der Waals surface area contributed by atoms with Crippen molar-refractivity contribution < 1.29 is 14.4 Å². The van der Waals surface area contributed by atoms with Crippen LogP contribution in [0.2, 0.25) is 0 Å². The Morgan fingerprint density at radius 1 is 1.23 bits per heavy atom. The van der Waals surface area contributed by atoms with Gasteiger partial charge in [0, 0.05) is 24.0 Å². The minimum atomic E-state index is -0.862. The molecule has 6 heteroatoms. The van der Waals surface area contributed by atoms with Gasteiger partial charge in [-0.2, -0.15) is 0 Å². The first-order valence-corrected chi connectivity index (χ1v) is 7.57. The maximum Gasteiger partial charge on any atom is 0.325 e. The second-order valence-electron chi connectivity index (χ2n) is 5.88. The van der Waals surface area contributed by atoms with Gasteiger partial charge in [-0.1, -0.05) is 13.8 Å². The van der Waals surface area contributed by atoms with Crippen LogP contribution in [-0.2, 0) is 11.8 Å². The predicted molar refractivity (Wildman–Crippen MR) is 82.8 cm³/mol. The van der Waals surface area contributed by atoms with Gasteiger partial charge in [-0.25, -0.2) is 4.79 Å². The Labute approximate surface area is 130 Å². The van der Waals surface area contributed by atoms with E-state index in [9.17, 15) is 14.4 Å². The zero-order valence-electron chi connectivity index (χ0n) is 13.8. The molecule has 0 atom stereocenters. The number of rotatable bonds is 5. The Hall–Kier alpha value is -2.11. The molecule has 0 unspecified atom stereocenters. The molecule has 0 spiro atoms. The van der Waals surface area contributed by atoms with Gasteiger partial charge in [0.15, 0.2) is 5.78 Å². The van der Waals surface area contributed by atoms with Gasteiger partial charge >= 0.3 is 6.03 Å². The van der Waals surface area contributed by atoms with E-state index in [1.54, 1.807) is 6.07 Å². The molecule has 0 radical (unpaired) electrons. The predicted octanol–water partition coefficient (Wildman–Crippen LogP) is 1.94. The monoisotopic (exact) mass is 305 g/mol. The van der Waals surface area contributed by atoms with Gasteiger partial charge < -0.3 is 9.88 Å². The number of ketones is 1. The standard InChI is InChI=1S/C16H23N3O3/c1-6-16(7-2)14(21)19(15(22)17-16)9-13(20)12-8-10(3)18(5)11(12)4/h8H,6-7,9H2,1-5H3,(H,17,22). The van der Waals surface area contributed by atoms with Gasteiger partial charge in [0.1, 0.15) is 5.54 Å². The van der Waals surface area contributed by atoms with Crippen LogP contribution in [0.4, 0.5) is 4.79 Å². The zero-order chi connectivity index (χ0) is 16.7. The number of aryl methyl sites for hydroxylation is 1. The van der Waals surface area contributed by atoms with E-state index in [-0.39, 0.29) is 18.2 Å². The van der Waals surface area contributed by atoms with Crippen LogP contribution in [-0.4, -0.2) is 39.3 Å². The average molecular weight is 305 g/mol. The first kappa shape index (κ1) is 16.3. The van der Waals surface area contributed by atoms with Crippen molar-refractivity contribution in [3.63, 3.8) is 0 Å². The summed E-state index contributed by atoms with van der Waals surface area (Å²) in [7, 11) is 1.88. The van der Waals surface area contributed by atoms with Gasteiger partial charge in [-0.05, 0) is 32.8 Å². The molecule has 2 heterocycles. The summed E-state index contributed by atoms with van der Waals surface area (Å²) in [5.41, 5.74) is 1.51. The number of nitrogens with one attached hydrogen (secondary N) is 1. The van der Waals surface area contributed by atoms with Crippen molar-refractivity contribution in [2.75, 3.05) is 6.54 Å². The molecule has 0 aromatic carbocycles. The molecular weight excluding hydrogens is 282 g/mol. The molecule has 1 fully saturated rings. The molecule has 22 heavy (non-hydrogen) atoms. The number of amides is 3. The highest BCUT2D eigenvalue weighted by atomic mass is 16.2. The molecule has 2 rings (SSSR count). The molecule has 1 aromatic rings. The maximum absolute atomic E-state index is 12.5. The number of carbonyl (C=O) groups excluding carboxylic acids is 3. The smallest absolute Gasteiger partial charge is 0.325 e. The fourth-order valence-electron chi connectivity index (χ4n) is 2.92. The number of Topliss-reactive ketones (excluding diaryl/α,β-unsaturated/α-hetero) is 1. The fourth-order valence-corrected chi connectivity index (χ4v) is 2.92. The average Bonchev–Trinajstić information content (AvgIpc) is 2.89. The van der Waals surface area contributed by atoms with Crippen LogP contribution in [0.1, 0.15) is 48.4 Å². The Morgan fingerprint density at radius 2 is 1.82 bits per heavy atom. The van der Waals surface area contributed by atoms with Crippen molar-refractivity contribution in [3.8, 4) is 0 Å². The summed E-state index contributed by atoms with van der Waals surface area (Å²) < 4.78 is 1.92. The molecule has 6 nitrogen and oxygen atoms in total. The van der Waals surface area contributed by atoms with Gasteiger partial charge in [0.2, 0.25) is 0 Å². The molecule has 0 aliphatic carbocycles. The third-order valence-corrected chi connectivity index (χ3v) is 4.83. The van der Waals surface area contributed by atoms with Crippen molar-refractivity contribution in [2.45, 2.75) is 46.1 Å². The van der Waals surface area contributed by atoms with E-state index in [1.807, 2.05) is 39.3 Å². The molecule has 1 N–H and O–H groups in total. The third kappa shape index (κ3) is 2.32. The highest BCUT2D eigenvalue weighted by molar-refractivity contribution is 6.11. The van der Waals surface area contributed by atoms with E-state index >= 15 is 0 Å². The van der Waals surface area contributed by atoms with Crippen molar-refractivity contribution in [1.29, 1.82) is 0 Å². The first-order valence-electron chi connectivity index (χ1n) is 7.57. The van der Waals surface area contributed by atoms with Crippen LogP contribution in [0.5, 0.6) is 0 Å². The van der Waals surface area contributed by atoms with Crippen molar-refractivity contribution >= 4 is 17.7 Å². The fraction of sp³-hybridized carbons (Fsp3) is 0.562. The van der Waals surface area contributed by atoms with E-state index < -0.39 is 11.6 Å². The number of imide groups is 1. The number of hydrogen-bond donors (Lipinski definition) is 1. The second kappa shape index (κ2) is 5.59. The highest BCUT2D eigenvalue weighted by Gasteiger charge is 2.49. The molecule has 1 aliphatic heterocycles. The van der Waals surface area contributed by atoms with Crippen LogP contribution < -0.4 is 5.32 Å². The van der Waals surface area contributed by atoms with Crippen LogP contribution in [0, 0.1) is 13.8 Å². The number of hydrogen-bond acceptors (Lipinski definition) is 3. The van der Waals surface area contributed by atoms with Crippen molar-refractivity contribution in [2.24, 2.45) is 7.05 Å². The molecule has 120 valence electrons. The van der Waals surface area contributed by atoms with Crippen LogP contribution in [0.3, 0.4) is 0 Å². The highest BCUT2D eigenvalue weighted by Crippen LogP contribution is 2.25. The number of urea groups is 1. The van der Waals surface area contributed by atoms with Gasteiger partial charge in [0.05, 0.1) is 6.54 Å². The summed E-state index contributed by atoms with van der Waals surface area (Å²) in [6.45, 7) is 7.28. The summed E-state index contributed by atoms with van der Waals surface area (Å²) in [5, 5.41) is 2.73. The first-order chi connectivity index (χ1) is 10.3. The van der Waals surface area contributed by atoms with Gasteiger partial charge in [-0.3, -0.25) is 14.5 Å². The summed E-state index contributed by atoms with van der Waals surface area (Å²) >= 11 is 0. The van der Waals surface area contributed by atoms with E-state index in [1.165, 1.54) is 0 Å².